The van der Waals surface area contributed by atoms with E-state index in [2.05, 4.69) is 38.2 Å². The Bertz CT molecular complexity index is 398. The molecular weight excluding hydrogens is 210 g/mol. The number of hydrogen-bond donors (Lipinski definition) is 1. The van der Waals surface area contributed by atoms with Crippen LogP contribution in [0.3, 0.4) is 0 Å². The molecule has 1 aliphatic carbocycles. The van der Waals surface area contributed by atoms with Crippen molar-refractivity contribution in [2.24, 2.45) is 5.41 Å². The lowest BCUT2D eigenvalue weighted by Crippen LogP contribution is -2.31. The van der Waals surface area contributed by atoms with Crippen molar-refractivity contribution in [1.82, 2.24) is 0 Å². The van der Waals surface area contributed by atoms with Gasteiger partial charge in [0.25, 0.3) is 0 Å². The number of ether oxygens (including phenoxy) is 1. The van der Waals surface area contributed by atoms with Crippen LogP contribution in [0, 0.1) is 12.3 Å². The van der Waals surface area contributed by atoms with Crippen molar-refractivity contribution in [1.29, 1.82) is 0 Å². The van der Waals surface area contributed by atoms with Crippen molar-refractivity contribution >= 4 is 5.69 Å². The zero-order chi connectivity index (χ0) is 12.5. The lowest BCUT2D eigenvalue weighted by Gasteiger charge is -2.29. The van der Waals surface area contributed by atoms with Crippen molar-refractivity contribution in [2.75, 3.05) is 12.4 Å². The maximum atomic E-state index is 5.23. The molecule has 0 heterocycles. The minimum Gasteiger partial charge on any atom is -0.497 e. The molecule has 17 heavy (non-hydrogen) atoms. The van der Waals surface area contributed by atoms with Gasteiger partial charge in [0.05, 0.1) is 7.11 Å². The molecule has 0 aliphatic heterocycles. The van der Waals surface area contributed by atoms with Crippen LogP contribution in [0.5, 0.6) is 5.75 Å². The first kappa shape index (κ1) is 12.3. The van der Waals surface area contributed by atoms with Gasteiger partial charge in [-0.15, -0.1) is 0 Å². The number of hydrogen-bond acceptors (Lipinski definition) is 2. The first-order chi connectivity index (χ1) is 8.03. The van der Waals surface area contributed by atoms with E-state index in [1.165, 1.54) is 30.5 Å². The predicted molar refractivity (Wildman–Crippen MR) is 72.8 cm³/mol. The van der Waals surface area contributed by atoms with Gasteiger partial charge in [0.1, 0.15) is 5.75 Å². The second kappa shape index (κ2) is 4.59. The molecular formula is C15H23NO. The Morgan fingerprint density at radius 1 is 1.35 bits per heavy atom. The Balaban J connectivity index is 2.13. The summed E-state index contributed by atoms with van der Waals surface area (Å²) in [6, 6.07) is 6.83. The number of benzene rings is 1. The van der Waals surface area contributed by atoms with Gasteiger partial charge in [0.15, 0.2) is 0 Å². The van der Waals surface area contributed by atoms with Crippen LogP contribution >= 0.6 is 0 Å². The maximum Gasteiger partial charge on any atom is 0.119 e. The van der Waals surface area contributed by atoms with Crippen LogP contribution in [-0.2, 0) is 0 Å². The molecule has 0 amide bonds. The van der Waals surface area contributed by atoms with Crippen molar-refractivity contribution in [3.63, 3.8) is 0 Å². The summed E-state index contributed by atoms with van der Waals surface area (Å²) < 4.78 is 5.23. The molecule has 2 rings (SSSR count). The highest BCUT2D eigenvalue weighted by Gasteiger charge is 2.34. The topological polar surface area (TPSA) is 21.3 Å². The Kier molecular flexibility index (Phi) is 3.32. The minimum absolute atomic E-state index is 0.409. The van der Waals surface area contributed by atoms with Crippen LogP contribution in [0.2, 0.25) is 0 Å². The summed E-state index contributed by atoms with van der Waals surface area (Å²) in [7, 11) is 1.71. The van der Waals surface area contributed by atoms with Gasteiger partial charge in [-0.3, -0.25) is 0 Å². The largest absolute Gasteiger partial charge is 0.497 e. The number of aryl methyl sites for hydroxylation is 1. The molecule has 94 valence electrons. The SMILES string of the molecule is COc1ccc(NC2CCCC2(C)C)c(C)c1. The fourth-order valence-corrected chi connectivity index (χ4v) is 2.71. The van der Waals surface area contributed by atoms with Crippen LogP contribution in [-0.4, -0.2) is 13.2 Å². The van der Waals surface area contributed by atoms with E-state index in [0.717, 1.165) is 5.75 Å². The highest BCUT2D eigenvalue weighted by Crippen LogP contribution is 2.39. The van der Waals surface area contributed by atoms with Crippen LogP contribution in [0.25, 0.3) is 0 Å². The molecule has 1 saturated carbocycles. The summed E-state index contributed by atoms with van der Waals surface area (Å²) in [5.41, 5.74) is 2.91. The van der Waals surface area contributed by atoms with E-state index < -0.39 is 0 Å². The van der Waals surface area contributed by atoms with Gasteiger partial charge in [-0.05, 0) is 48.9 Å². The van der Waals surface area contributed by atoms with Crippen LogP contribution in [0.15, 0.2) is 18.2 Å². The van der Waals surface area contributed by atoms with Gasteiger partial charge < -0.3 is 10.1 Å². The number of methoxy groups -OCH3 is 1. The van der Waals surface area contributed by atoms with Gasteiger partial charge >= 0.3 is 0 Å². The third kappa shape index (κ3) is 2.56. The van der Waals surface area contributed by atoms with E-state index in [-0.39, 0.29) is 0 Å². The number of rotatable bonds is 3. The fourth-order valence-electron chi connectivity index (χ4n) is 2.71. The molecule has 2 nitrogen and oxygen atoms in total. The van der Waals surface area contributed by atoms with E-state index in [1.807, 2.05) is 6.07 Å². The Morgan fingerprint density at radius 3 is 2.65 bits per heavy atom. The molecule has 0 spiro atoms. The molecule has 1 unspecified atom stereocenters. The molecule has 1 fully saturated rings. The number of nitrogens with one attached hydrogen (secondary N) is 1. The Labute approximate surface area is 104 Å². The predicted octanol–water partition coefficient (Wildman–Crippen LogP) is 3.99. The smallest absolute Gasteiger partial charge is 0.119 e. The molecule has 2 heteroatoms. The quantitative estimate of drug-likeness (QED) is 0.852. The highest BCUT2D eigenvalue weighted by molar-refractivity contribution is 5.54. The van der Waals surface area contributed by atoms with Crippen LogP contribution < -0.4 is 10.1 Å². The average molecular weight is 233 g/mol. The van der Waals surface area contributed by atoms with Crippen LogP contribution in [0.4, 0.5) is 5.69 Å². The summed E-state index contributed by atoms with van der Waals surface area (Å²) in [6.45, 7) is 6.85. The Hall–Kier alpha value is -1.18. The molecule has 0 radical (unpaired) electrons. The molecule has 1 aliphatic rings. The molecule has 1 aromatic rings. The number of anilines is 1. The minimum atomic E-state index is 0.409. The van der Waals surface area contributed by atoms with Crippen molar-refractivity contribution in [3.8, 4) is 5.75 Å². The van der Waals surface area contributed by atoms with Crippen molar-refractivity contribution in [3.05, 3.63) is 23.8 Å². The molecule has 1 aromatic carbocycles. The van der Waals surface area contributed by atoms with Crippen LogP contribution in [0.1, 0.15) is 38.7 Å². The van der Waals surface area contributed by atoms with E-state index in [9.17, 15) is 0 Å². The first-order valence-corrected chi connectivity index (χ1v) is 6.44. The Morgan fingerprint density at radius 2 is 2.12 bits per heavy atom. The van der Waals surface area contributed by atoms with E-state index in [4.69, 9.17) is 4.74 Å². The molecule has 0 bridgehead atoms. The monoisotopic (exact) mass is 233 g/mol. The molecule has 1 N–H and O–H groups in total. The van der Waals surface area contributed by atoms with Crippen molar-refractivity contribution in [2.45, 2.75) is 46.1 Å². The lowest BCUT2D eigenvalue weighted by atomic mass is 9.87. The first-order valence-electron chi connectivity index (χ1n) is 6.44. The summed E-state index contributed by atoms with van der Waals surface area (Å²) in [5, 5.41) is 3.70. The van der Waals surface area contributed by atoms with Gasteiger partial charge in [-0.2, -0.15) is 0 Å². The fraction of sp³-hybridized carbons (Fsp3) is 0.600. The standard InChI is InChI=1S/C15H23NO/c1-11-10-12(17-4)7-8-13(11)16-14-6-5-9-15(14,2)3/h7-8,10,14,16H,5-6,9H2,1-4H3. The summed E-state index contributed by atoms with van der Waals surface area (Å²) in [4.78, 5) is 0. The summed E-state index contributed by atoms with van der Waals surface area (Å²) >= 11 is 0. The molecule has 1 atom stereocenters. The van der Waals surface area contributed by atoms with Crippen molar-refractivity contribution < 1.29 is 4.74 Å². The van der Waals surface area contributed by atoms with E-state index in [1.54, 1.807) is 7.11 Å². The third-order valence-electron chi connectivity index (χ3n) is 4.02. The molecule has 0 aromatic heterocycles. The maximum absolute atomic E-state index is 5.23. The van der Waals surface area contributed by atoms with E-state index >= 15 is 0 Å². The molecule has 0 saturated heterocycles. The summed E-state index contributed by atoms with van der Waals surface area (Å²) in [5.74, 6) is 0.929. The van der Waals surface area contributed by atoms with Gasteiger partial charge in [0.2, 0.25) is 0 Å². The second-order valence-electron chi connectivity index (χ2n) is 5.76. The average Bonchev–Trinajstić information content (AvgIpc) is 2.61. The second-order valence-corrected chi connectivity index (χ2v) is 5.76. The van der Waals surface area contributed by atoms with Gasteiger partial charge in [-0.25, -0.2) is 0 Å². The normalized spacial score (nSPS) is 22.5. The van der Waals surface area contributed by atoms with Gasteiger partial charge in [0, 0.05) is 11.7 Å². The third-order valence-corrected chi connectivity index (χ3v) is 4.02. The summed E-state index contributed by atoms with van der Waals surface area (Å²) in [6.07, 6.45) is 3.93. The highest BCUT2D eigenvalue weighted by atomic mass is 16.5. The zero-order valence-electron chi connectivity index (χ0n) is 11.3. The van der Waals surface area contributed by atoms with Gasteiger partial charge in [-0.1, -0.05) is 20.3 Å². The zero-order valence-corrected chi connectivity index (χ0v) is 11.3. The lowest BCUT2D eigenvalue weighted by molar-refractivity contribution is 0.350. The van der Waals surface area contributed by atoms with E-state index in [0.29, 0.717) is 11.5 Å².